The van der Waals surface area contributed by atoms with E-state index in [4.69, 9.17) is 0 Å². The van der Waals surface area contributed by atoms with Gasteiger partial charge in [0, 0.05) is 19.2 Å². The molecule has 0 aliphatic heterocycles. The molecular weight excluding hydrogens is 282 g/mol. The van der Waals surface area contributed by atoms with Gasteiger partial charge in [0.05, 0.1) is 0 Å². The highest BCUT2D eigenvalue weighted by atomic mass is 16.2. The van der Waals surface area contributed by atoms with Crippen LogP contribution in [0.1, 0.15) is 17.3 Å². The van der Waals surface area contributed by atoms with Gasteiger partial charge in [-0.15, -0.1) is 0 Å². The zero-order chi connectivity index (χ0) is 15.7. The van der Waals surface area contributed by atoms with Gasteiger partial charge in [-0.05, 0) is 19.1 Å². The van der Waals surface area contributed by atoms with Crippen molar-refractivity contribution in [1.29, 1.82) is 0 Å². The van der Waals surface area contributed by atoms with Crippen molar-refractivity contribution in [3.8, 4) is 0 Å². The fourth-order valence-corrected chi connectivity index (χ4v) is 2.39. The van der Waals surface area contributed by atoms with Gasteiger partial charge in [-0.2, -0.15) is 0 Å². The number of rotatable bonds is 3. The molecule has 0 atom stereocenters. The molecule has 112 valence electrons. The fourth-order valence-electron chi connectivity index (χ4n) is 2.39. The number of nitrogens with one attached hydrogen (secondary N) is 1. The van der Waals surface area contributed by atoms with Crippen molar-refractivity contribution in [2.24, 2.45) is 7.05 Å². The number of carbonyl (C=O) groups is 1. The number of hydrogen-bond acceptors (Lipinski definition) is 4. The molecule has 22 heavy (non-hydrogen) atoms. The average molecular weight is 297 g/mol. The lowest BCUT2D eigenvalue weighted by atomic mass is 10.2. The van der Waals surface area contributed by atoms with Crippen molar-refractivity contribution in [3.63, 3.8) is 0 Å². The molecule has 0 saturated carbocycles. The van der Waals surface area contributed by atoms with E-state index in [9.17, 15) is 9.59 Å². The Morgan fingerprint density at radius 1 is 1.23 bits per heavy atom. The molecule has 2 heterocycles. The van der Waals surface area contributed by atoms with Crippen LogP contribution in [0.5, 0.6) is 0 Å². The van der Waals surface area contributed by atoms with Crippen LogP contribution in [0.2, 0.25) is 0 Å². The van der Waals surface area contributed by atoms with Crippen LogP contribution in [-0.2, 0) is 13.6 Å². The number of nitrogens with zero attached hydrogens (tertiary/aromatic N) is 4. The normalized spacial score (nSPS) is 10.8. The maximum Gasteiger partial charge on any atom is 0.330 e. The molecule has 1 amide bonds. The van der Waals surface area contributed by atoms with E-state index >= 15 is 0 Å². The number of aryl methyl sites for hydroxylation is 2. The number of hydrogen-bond donors (Lipinski definition) is 1. The largest absolute Gasteiger partial charge is 0.330 e. The minimum Gasteiger partial charge on any atom is -0.305 e. The van der Waals surface area contributed by atoms with Crippen LogP contribution in [0.15, 0.2) is 41.5 Å². The molecule has 0 radical (unpaired) electrons. The first-order valence-corrected chi connectivity index (χ1v) is 6.90. The van der Waals surface area contributed by atoms with Gasteiger partial charge in [0.2, 0.25) is 0 Å². The van der Waals surface area contributed by atoms with E-state index in [1.807, 2.05) is 13.0 Å². The van der Waals surface area contributed by atoms with Crippen molar-refractivity contribution in [1.82, 2.24) is 19.1 Å². The predicted octanol–water partition coefficient (Wildman–Crippen LogP) is 1.40. The molecule has 1 N–H and O–H groups in total. The minimum atomic E-state index is -0.280. The summed E-state index contributed by atoms with van der Waals surface area (Å²) in [6.07, 6.45) is 1.34. The molecular formula is C15H15N5O2. The number of fused-ring (bicyclic) bond motifs is 1. The maximum absolute atomic E-state index is 12.3. The van der Waals surface area contributed by atoms with Gasteiger partial charge in [-0.1, -0.05) is 18.2 Å². The highest BCUT2D eigenvalue weighted by Crippen LogP contribution is 2.18. The van der Waals surface area contributed by atoms with E-state index in [-0.39, 0.29) is 11.6 Å². The highest BCUT2D eigenvalue weighted by Gasteiger charge is 2.17. The Morgan fingerprint density at radius 3 is 2.64 bits per heavy atom. The SMILES string of the molecule is CCn1c(=O)n(C)c2c(NC(=O)c3ccccc3)ncnc21. The van der Waals surface area contributed by atoms with Crippen LogP contribution < -0.4 is 11.0 Å². The molecule has 0 aliphatic carbocycles. The Kier molecular flexibility index (Phi) is 3.46. The van der Waals surface area contributed by atoms with Crippen molar-refractivity contribution in [2.45, 2.75) is 13.5 Å². The lowest BCUT2D eigenvalue weighted by Crippen LogP contribution is -2.21. The molecule has 7 heteroatoms. The lowest BCUT2D eigenvalue weighted by Gasteiger charge is -2.06. The lowest BCUT2D eigenvalue weighted by molar-refractivity contribution is 0.102. The fraction of sp³-hybridized carbons (Fsp3) is 0.200. The first-order chi connectivity index (χ1) is 10.6. The number of benzene rings is 1. The Labute approximate surface area is 126 Å². The number of anilines is 1. The van der Waals surface area contributed by atoms with Crippen LogP contribution in [0.25, 0.3) is 11.2 Å². The van der Waals surface area contributed by atoms with E-state index in [1.165, 1.54) is 15.5 Å². The number of amides is 1. The van der Waals surface area contributed by atoms with Crippen LogP contribution in [0.4, 0.5) is 5.82 Å². The summed E-state index contributed by atoms with van der Waals surface area (Å²) in [5.41, 5.74) is 1.36. The maximum atomic E-state index is 12.3. The summed E-state index contributed by atoms with van der Waals surface area (Å²) in [6.45, 7) is 2.37. The van der Waals surface area contributed by atoms with Crippen LogP contribution in [0.3, 0.4) is 0 Å². The minimum absolute atomic E-state index is 0.187. The predicted molar refractivity (Wildman–Crippen MR) is 82.8 cm³/mol. The van der Waals surface area contributed by atoms with Crippen LogP contribution >= 0.6 is 0 Å². The van der Waals surface area contributed by atoms with Gasteiger partial charge in [-0.3, -0.25) is 13.9 Å². The van der Waals surface area contributed by atoms with Gasteiger partial charge >= 0.3 is 5.69 Å². The van der Waals surface area contributed by atoms with Gasteiger partial charge in [-0.25, -0.2) is 14.8 Å². The van der Waals surface area contributed by atoms with E-state index in [2.05, 4.69) is 15.3 Å². The van der Waals surface area contributed by atoms with Crippen molar-refractivity contribution in [2.75, 3.05) is 5.32 Å². The third-order valence-corrected chi connectivity index (χ3v) is 3.50. The molecule has 7 nitrogen and oxygen atoms in total. The molecule has 0 fully saturated rings. The van der Waals surface area contributed by atoms with Gasteiger partial charge in [0.25, 0.3) is 5.91 Å². The Bertz CT molecular complexity index is 895. The monoisotopic (exact) mass is 297 g/mol. The van der Waals surface area contributed by atoms with Crippen LogP contribution in [-0.4, -0.2) is 25.0 Å². The second-order valence-electron chi connectivity index (χ2n) is 4.80. The molecule has 0 aliphatic rings. The Morgan fingerprint density at radius 2 is 1.95 bits per heavy atom. The first kappa shape index (κ1) is 14.0. The molecule has 0 spiro atoms. The molecule has 3 rings (SSSR count). The summed E-state index contributed by atoms with van der Waals surface area (Å²) < 4.78 is 2.98. The number of imidazole rings is 1. The molecule has 0 unspecified atom stereocenters. The standard InChI is InChI=1S/C15H15N5O2/c1-3-20-13-11(19(2)15(20)22)12(16-9-17-13)18-14(21)10-7-5-4-6-8-10/h4-9H,3H2,1-2H3,(H,16,17,18,21). The van der Waals surface area contributed by atoms with E-state index in [1.54, 1.807) is 31.3 Å². The second kappa shape index (κ2) is 5.44. The average Bonchev–Trinajstić information content (AvgIpc) is 2.80. The smallest absolute Gasteiger partial charge is 0.305 e. The quantitative estimate of drug-likeness (QED) is 0.792. The molecule has 3 aromatic rings. The van der Waals surface area contributed by atoms with Gasteiger partial charge in [0.1, 0.15) is 11.8 Å². The number of aromatic nitrogens is 4. The van der Waals surface area contributed by atoms with Gasteiger partial charge < -0.3 is 5.32 Å². The Balaban J connectivity index is 2.09. The molecule has 0 saturated heterocycles. The molecule has 2 aromatic heterocycles. The third-order valence-electron chi connectivity index (χ3n) is 3.50. The third kappa shape index (κ3) is 2.16. The highest BCUT2D eigenvalue weighted by molar-refractivity contribution is 6.06. The van der Waals surface area contributed by atoms with Crippen molar-refractivity contribution in [3.05, 3.63) is 52.7 Å². The topological polar surface area (TPSA) is 81.8 Å². The summed E-state index contributed by atoms with van der Waals surface area (Å²) in [7, 11) is 1.64. The zero-order valence-electron chi connectivity index (χ0n) is 12.3. The van der Waals surface area contributed by atoms with Crippen LogP contribution in [0, 0.1) is 0 Å². The van der Waals surface area contributed by atoms with Crippen molar-refractivity contribution >= 4 is 22.9 Å². The summed E-state index contributed by atoms with van der Waals surface area (Å²) >= 11 is 0. The summed E-state index contributed by atoms with van der Waals surface area (Å²) in [6, 6.07) is 8.83. The Hall–Kier alpha value is -2.96. The second-order valence-corrected chi connectivity index (χ2v) is 4.80. The van der Waals surface area contributed by atoms with Gasteiger partial charge in [0.15, 0.2) is 11.5 Å². The molecule has 0 bridgehead atoms. The summed E-state index contributed by atoms with van der Waals surface area (Å²) in [4.78, 5) is 32.7. The molecule has 1 aromatic carbocycles. The summed E-state index contributed by atoms with van der Waals surface area (Å²) in [5, 5.41) is 2.74. The summed E-state index contributed by atoms with van der Waals surface area (Å²) in [5.74, 6) is 0.0444. The number of carbonyl (C=O) groups excluding carboxylic acids is 1. The van der Waals surface area contributed by atoms with E-state index in [0.29, 0.717) is 29.1 Å². The van der Waals surface area contributed by atoms with E-state index < -0.39 is 0 Å². The first-order valence-electron chi connectivity index (χ1n) is 6.90. The van der Waals surface area contributed by atoms with E-state index in [0.717, 1.165) is 0 Å². The zero-order valence-corrected chi connectivity index (χ0v) is 12.3. The van der Waals surface area contributed by atoms with Crippen molar-refractivity contribution < 1.29 is 4.79 Å².